The summed E-state index contributed by atoms with van der Waals surface area (Å²) >= 11 is 0. The van der Waals surface area contributed by atoms with E-state index >= 15 is 0 Å². The van der Waals surface area contributed by atoms with Crippen LogP contribution in [0.4, 0.5) is 11.9 Å². The number of fused-ring (bicyclic) bond motifs is 2. The summed E-state index contributed by atoms with van der Waals surface area (Å²) in [6.07, 6.45) is 3.69. The van der Waals surface area contributed by atoms with Gasteiger partial charge in [0.25, 0.3) is 11.8 Å². The summed E-state index contributed by atoms with van der Waals surface area (Å²) in [6.45, 7) is 8.92. The summed E-state index contributed by atoms with van der Waals surface area (Å²) in [4.78, 5) is 67.6. The van der Waals surface area contributed by atoms with Crippen molar-refractivity contribution in [3.05, 3.63) is 93.9 Å². The Bertz CT molecular complexity index is 2360. The summed E-state index contributed by atoms with van der Waals surface area (Å²) in [5.41, 5.74) is 15.3. The molecule has 0 bridgehead atoms. The van der Waals surface area contributed by atoms with Crippen LogP contribution in [0, 0.1) is 34.6 Å². The van der Waals surface area contributed by atoms with E-state index < -0.39 is 23.6 Å². The molecule has 0 aliphatic carbocycles. The van der Waals surface area contributed by atoms with Gasteiger partial charge in [-0.3, -0.25) is 29.8 Å². The van der Waals surface area contributed by atoms with E-state index in [1.165, 1.54) is 0 Å². The number of rotatable bonds is 10. The van der Waals surface area contributed by atoms with Crippen molar-refractivity contribution < 1.29 is 28.0 Å². The molecule has 2 aromatic carbocycles. The molecule has 6 rings (SSSR count). The van der Waals surface area contributed by atoms with Crippen molar-refractivity contribution in [1.82, 2.24) is 29.1 Å². The van der Waals surface area contributed by atoms with Crippen LogP contribution < -0.4 is 22.1 Å². The van der Waals surface area contributed by atoms with Crippen LogP contribution in [0.2, 0.25) is 0 Å². The number of allylic oxidation sites excluding steroid dienone is 2. The van der Waals surface area contributed by atoms with Gasteiger partial charge in [0.05, 0.1) is 33.5 Å². The Kier molecular flexibility index (Phi) is 8.29. The minimum atomic E-state index is -0.614. The van der Waals surface area contributed by atoms with Crippen molar-refractivity contribution in [2.24, 2.45) is 11.5 Å². The van der Waals surface area contributed by atoms with Crippen molar-refractivity contribution >= 4 is 57.6 Å². The molecule has 0 saturated carbocycles. The van der Waals surface area contributed by atoms with Crippen molar-refractivity contribution in [2.45, 2.75) is 47.7 Å². The highest BCUT2D eigenvalue weighted by Gasteiger charge is 2.22. The van der Waals surface area contributed by atoms with Crippen LogP contribution in [-0.2, 0) is 13.1 Å². The molecule has 0 unspecified atom stereocenters. The fourth-order valence-corrected chi connectivity index (χ4v) is 5.62. The van der Waals surface area contributed by atoms with E-state index in [-0.39, 0.29) is 47.6 Å². The number of benzene rings is 2. The highest BCUT2D eigenvalue weighted by atomic mass is 16.4. The molecule has 0 spiro atoms. The predicted molar refractivity (Wildman–Crippen MR) is 178 cm³/mol. The highest BCUT2D eigenvalue weighted by molar-refractivity contribution is 6.04. The number of nitrogens with one attached hydrogen (secondary N) is 2. The minimum Gasteiger partial charge on any atom is -0.436 e. The summed E-state index contributed by atoms with van der Waals surface area (Å²) in [5.74, 6) is -1.09. The summed E-state index contributed by atoms with van der Waals surface area (Å²) in [5, 5.41) is 5.59. The molecule has 0 saturated heterocycles. The normalized spacial score (nSPS) is 11.5. The molecule has 16 heteroatoms. The van der Waals surface area contributed by atoms with Gasteiger partial charge in [-0.15, -0.1) is 0 Å². The van der Waals surface area contributed by atoms with E-state index in [1.807, 2.05) is 19.1 Å². The SMILES string of the molecule is Cc1nc(C)c(C(=O)Nc2nc3cc(C(N)=O)ccc3n2C/C=C/Cn2c(NC(=O)c3oc(C)nc3C)nc3cc(C(N)=O)cc(C)c32)o1. The Labute approximate surface area is 278 Å². The van der Waals surface area contributed by atoms with Crippen molar-refractivity contribution in [2.75, 3.05) is 10.6 Å². The van der Waals surface area contributed by atoms with E-state index in [9.17, 15) is 19.2 Å². The number of carbonyl (C=O) groups excluding carboxylic acids is 4. The first-order valence-corrected chi connectivity index (χ1v) is 15.1. The maximum atomic E-state index is 13.2. The number of amides is 4. The number of nitrogens with zero attached hydrogens (tertiary/aromatic N) is 6. The third-order valence-electron chi connectivity index (χ3n) is 7.76. The zero-order valence-electron chi connectivity index (χ0n) is 27.2. The largest absolute Gasteiger partial charge is 0.436 e. The van der Waals surface area contributed by atoms with Gasteiger partial charge in [-0.2, -0.15) is 0 Å². The second-order valence-electron chi connectivity index (χ2n) is 11.4. The molecular weight excluding hydrogens is 632 g/mol. The Morgan fingerprint density at radius 3 is 1.73 bits per heavy atom. The first-order chi connectivity index (χ1) is 23.3. The molecule has 16 nitrogen and oxygen atoms in total. The van der Waals surface area contributed by atoms with Crippen molar-refractivity contribution in [3.63, 3.8) is 0 Å². The van der Waals surface area contributed by atoms with E-state index in [1.54, 1.807) is 67.2 Å². The molecule has 0 atom stereocenters. The lowest BCUT2D eigenvalue weighted by Gasteiger charge is -2.10. The molecule has 49 heavy (non-hydrogen) atoms. The lowest BCUT2D eigenvalue weighted by molar-refractivity contribution is 0.0986. The quantitative estimate of drug-likeness (QED) is 0.154. The fraction of sp³-hybridized carbons (Fsp3) is 0.212. The van der Waals surface area contributed by atoms with Gasteiger partial charge in [-0.1, -0.05) is 12.2 Å². The fourth-order valence-electron chi connectivity index (χ4n) is 5.62. The maximum absolute atomic E-state index is 13.2. The number of aryl methyl sites for hydroxylation is 5. The Balaban J connectivity index is 1.34. The zero-order valence-corrected chi connectivity index (χ0v) is 27.2. The molecule has 0 fully saturated rings. The monoisotopic (exact) mass is 664 g/mol. The molecule has 0 aliphatic rings. The van der Waals surface area contributed by atoms with E-state index in [4.69, 9.17) is 20.3 Å². The average Bonchev–Trinajstić information content (AvgIpc) is 3.77. The molecular formula is C33H32N10O6. The van der Waals surface area contributed by atoms with Gasteiger partial charge in [0.1, 0.15) is 0 Å². The van der Waals surface area contributed by atoms with Crippen LogP contribution >= 0.6 is 0 Å². The number of hydrogen-bond acceptors (Lipinski definition) is 10. The minimum absolute atomic E-state index is 0.0524. The van der Waals surface area contributed by atoms with Crippen LogP contribution in [0.15, 0.2) is 51.3 Å². The molecule has 4 aromatic heterocycles. The highest BCUT2D eigenvalue weighted by Crippen LogP contribution is 2.27. The van der Waals surface area contributed by atoms with Crippen LogP contribution in [0.3, 0.4) is 0 Å². The summed E-state index contributed by atoms with van der Waals surface area (Å²) in [6, 6.07) is 8.04. The summed E-state index contributed by atoms with van der Waals surface area (Å²) < 4.78 is 14.5. The number of oxazole rings is 2. The average molecular weight is 665 g/mol. The van der Waals surface area contributed by atoms with Gasteiger partial charge in [0.2, 0.25) is 35.2 Å². The van der Waals surface area contributed by atoms with Gasteiger partial charge in [-0.05, 0) is 56.7 Å². The van der Waals surface area contributed by atoms with E-state index in [0.717, 1.165) is 0 Å². The number of nitrogens with two attached hydrogens (primary N) is 2. The maximum Gasteiger partial charge on any atom is 0.295 e. The molecule has 6 N–H and O–H groups in total. The third-order valence-corrected chi connectivity index (χ3v) is 7.76. The number of primary amides is 2. The van der Waals surface area contributed by atoms with Gasteiger partial charge >= 0.3 is 0 Å². The number of carbonyl (C=O) groups is 4. The Morgan fingerprint density at radius 2 is 1.20 bits per heavy atom. The van der Waals surface area contributed by atoms with Crippen LogP contribution in [0.5, 0.6) is 0 Å². The second kappa shape index (κ2) is 12.6. The molecule has 6 aromatic rings. The number of hydrogen-bond donors (Lipinski definition) is 4. The lowest BCUT2D eigenvalue weighted by Crippen LogP contribution is -2.17. The zero-order chi connectivity index (χ0) is 35.1. The smallest absolute Gasteiger partial charge is 0.295 e. The molecule has 4 heterocycles. The van der Waals surface area contributed by atoms with Gasteiger partial charge in [0, 0.05) is 38.1 Å². The van der Waals surface area contributed by atoms with Crippen molar-refractivity contribution in [3.8, 4) is 0 Å². The first-order valence-electron chi connectivity index (χ1n) is 15.1. The van der Waals surface area contributed by atoms with Gasteiger partial charge in [-0.25, -0.2) is 19.9 Å². The third kappa shape index (κ3) is 6.26. The topological polar surface area (TPSA) is 232 Å². The van der Waals surface area contributed by atoms with E-state index in [2.05, 4.69) is 30.6 Å². The second-order valence-corrected chi connectivity index (χ2v) is 11.4. The number of aromatic nitrogens is 6. The Hall–Kier alpha value is -6.58. The molecule has 0 aliphatic heterocycles. The van der Waals surface area contributed by atoms with Crippen LogP contribution in [0.1, 0.15) is 70.6 Å². The molecule has 250 valence electrons. The van der Waals surface area contributed by atoms with Gasteiger partial charge in [0.15, 0.2) is 11.8 Å². The van der Waals surface area contributed by atoms with Crippen LogP contribution in [0.25, 0.3) is 22.1 Å². The van der Waals surface area contributed by atoms with E-state index in [0.29, 0.717) is 50.8 Å². The van der Waals surface area contributed by atoms with Gasteiger partial charge < -0.3 is 29.4 Å². The Morgan fingerprint density at radius 1 is 0.694 bits per heavy atom. The molecule has 4 amide bonds. The lowest BCUT2D eigenvalue weighted by atomic mass is 10.1. The number of imidazole rings is 2. The van der Waals surface area contributed by atoms with Crippen LogP contribution in [-0.4, -0.2) is 52.7 Å². The van der Waals surface area contributed by atoms with Crippen molar-refractivity contribution in [1.29, 1.82) is 0 Å². The number of anilines is 2. The predicted octanol–water partition coefficient (Wildman–Crippen LogP) is 3.86. The first kappa shape index (κ1) is 32.4. The standard InChI is InChI=1S/C33H32N10O6/c1-15-12-21(29(35)45)14-23-25(15)43(33(39-23)41-31(47)27-17(3)37-19(5)49-27)11-7-6-10-42-24-9-8-20(28(34)44)13-22(24)38-32(42)40-30(46)26-16(2)36-18(4)48-26/h6-9,12-14H,10-11H2,1-5H3,(H2,34,44)(H2,35,45)(H,38,40,46)(H,39,41,47)/b7-6+. The molecule has 0 radical (unpaired) electrons. The summed E-state index contributed by atoms with van der Waals surface area (Å²) in [7, 11) is 0.